The Hall–Kier alpha value is -2.23. The lowest BCUT2D eigenvalue weighted by molar-refractivity contribution is -0.386. The predicted molar refractivity (Wildman–Crippen MR) is 67.6 cm³/mol. The summed E-state index contributed by atoms with van der Waals surface area (Å²) >= 11 is 0. The highest BCUT2D eigenvalue weighted by molar-refractivity contribution is 5.64. The third kappa shape index (κ3) is 3.27. The molecule has 2 N–H and O–H groups in total. The minimum absolute atomic E-state index is 0.181. The van der Waals surface area contributed by atoms with Crippen LogP contribution in [0.5, 0.6) is 0 Å². The number of hydrogen-bond acceptors (Lipinski definition) is 5. The van der Waals surface area contributed by atoms with Gasteiger partial charge in [0.25, 0.3) is 0 Å². The number of rotatable bonds is 3. The van der Waals surface area contributed by atoms with Gasteiger partial charge >= 0.3 is 11.8 Å². The van der Waals surface area contributed by atoms with Crippen molar-refractivity contribution < 1.29 is 24.0 Å². The molecular weight excluding hydrogens is 287 g/mol. The molecule has 1 saturated heterocycles. The molecule has 1 aliphatic rings. The average molecular weight is 302 g/mol. The van der Waals surface area contributed by atoms with Crippen molar-refractivity contribution in [3.63, 3.8) is 0 Å². The summed E-state index contributed by atoms with van der Waals surface area (Å²) in [4.78, 5) is 21.0. The lowest BCUT2D eigenvalue weighted by atomic mass is 10.0. The van der Waals surface area contributed by atoms with E-state index in [9.17, 15) is 19.3 Å². The molecule has 0 aliphatic carbocycles. The molecule has 1 aromatic heterocycles. The summed E-state index contributed by atoms with van der Waals surface area (Å²) in [5.74, 6) is 0. The Balaban J connectivity index is 2.18. The lowest BCUT2D eigenvalue weighted by Crippen LogP contribution is -2.41. The number of nitrogens with one attached hydrogen (secondary N) is 1. The second-order valence-electron chi connectivity index (χ2n) is 4.77. The first-order valence-electron chi connectivity index (χ1n) is 6.31. The molecule has 1 aliphatic heterocycles. The van der Waals surface area contributed by atoms with Crippen molar-refractivity contribution in [2.45, 2.75) is 31.2 Å². The number of alkyl halides is 1. The van der Waals surface area contributed by atoms with Crippen molar-refractivity contribution in [1.82, 2.24) is 15.1 Å². The fraction of sp³-hybridized carbons (Fsp3) is 0.636. The molecule has 0 radical (unpaired) electrons. The highest BCUT2D eigenvalue weighted by Gasteiger charge is 2.34. The first-order chi connectivity index (χ1) is 9.90. The van der Waals surface area contributed by atoms with E-state index in [0.717, 1.165) is 6.20 Å². The number of aromatic nitrogens is 2. The zero-order valence-corrected chi connectivity index (χ0v) is 11.2. The summed E-state index contributed by atoms with van der Waals surface area (Å²) in [5, 5.41) is 25.6. The number of ether oxygens (including phenoxy) is 1. The Kier molecular flexibility index (Phi) is 4.36. The van der Waals surface area contributed by atoms with Crippen LogP contribution in [0.15, 0.2) is 6.20 Å². The van der Waals surface area contributed by atoms with Crippen molar-refractivity contribution in [2.75, 3.05) is 6.61 Å². The van der Waals surface area contributed by atoms with Crippen LogP contribution in [-0.4, -0.2) is 44.7 Å². The standard InChI is InChI=1S/C11H15FN4O5/c1-15-10(8(4-13-15)16(19)20)9-3-2-7(14-11(17)18)6(12)5-21-9/h4,6-7,9,14H,2-3,5H2,1H3,(H,17,18)/t6-,7+,9?/m0/s1. The molecule has 2 heterocycles. The van der Waals surface area contributed by atoms with Crippen LogP contribution in [0.4, 0.5) is 14.9 Å². The normalized spacial score (nSPS) is 26.1. The molecule has 1 unspecified atom stereocenters. The van der Waals surface area contributed by atoms with E-state index in [-0.39, 0.29) is 30.8 Å². The van der Waals surface area contributed by atoms with Gasteiger partial charge in [0.15, 0.2) is 0 Å². The molecule has 0 aromatic carbocycles. The van der Waals surface area contributed by atoms with E-state index in [1.165, 1.54) is 11.7 Å². The van der Waals surface area contributed by atoms with Gasteiger partial charge in [-0.1, -0.05) is 0 Å². The first kappa shape index (κ1) is 15.2. The number of carboxylic acid groups (broad SMARTS) is 1. The summed E-state index contributed by atoms with van der Waals surface area (Å²) in [5.41, 5.74) is 0.0609. The number of halogens is 1. The van der Waals surface area contributed by atoms with E-state index in [4.69, 9.17) is 9.84 Å². The molecule has 21 heavy (non-hydrogen) atoms. The van der Waals surface area contributed by atoms with Gasteiger partial charge in [0.05, 0.1) is 17.6 Å². The molecule has 1 aromatic rings. The Morgan fingerprint density at radius 2 is 2.38 bits per heavy atom. The van der Waals surface area contributed by atoms with Crippen LogP contribution < -0.4 is 5.32 Å². The molecule has 0 saturated carbocycles. The van der Waals surface area contributed by atoms with Gasteiger partial charge in [-0.05, 0) is 12.8 Å². The quantitative estimate of drug-likeness (QED) is 0.638. The molecule has 9 nitrogen and oxygen atoms in total. The van der Waals surface area contributed by atoms with Gasteiger partial charge in [-0.2, -0.15) is 5.10 Å². The summed E-state index contributed by atoms with van der Waals surface area (Å²) in [6.45, 7) is -0.335. The number of nitro groups is 1. The van der Waals surface area contributed by atoms with E-state index in [0.29, 0.717) is 0 Å². The van der Waals surface area contributed by atoms with Gasteiger partial charge < -0.3 is 15.2 Å². The van der Waals surface area contributed by atoms with Crippen molar-refractivity contribution in [1.29, 1.82) is 0 Å². The van der Waals surface area contributed by atoms with Crippen LogP contribution in [0.25, 0.3) is 0 Å². The van der Waals surface area contributed by atoms with Crippen LogP contribution in [0.2, 0.25) is 0 Å². The SMILES string of the molecule is Cn1ncc([N+](=O)[O-])c1C1CC[C@@H](NC(=O)O)[C@@H](F)CO1. The molecule has 1 amide bonds. The topological polar surface area (TPSA) is 120 Å². The fourth-order valence-corrected chi connectivity index (χ4v) is 2.41. The number of aryl methyl sites for hydroxylation is 1. The molecular formula is C11H15FN4O5. The van der Waals surface area contributed by atoms with Crippen molar-refractivity contribution in [3.8, 4) is 0 Å². The highest BCUT2D eigenvalue weighted by atomic mass is 19.1. The zero-order valence-electron chi connectivity index (χ0n) is 11.2. The Labute approximate surface area is 118 Å². The second kappa shape index (κ2) is 6.04. The van der Waals surface area contributed by atoms with Crippen LogP contribution in [0, 0.1) is 10.1 Å². The number of nitrogens with zero attached hydrogens (tertiary/aromatic N) is 3. The van der Waals surface area contributed by atoms with Crippen molar-refractivity contribution >= 4 is 11.8 Å². The third-order valence-corrected chi connectivity index (χ3v) is 3.41. The maximum atomic E-state index is 13.8. The highest BCUT2D eigenvalue weighted by Crippen LogP contribution is 2.33. The number of carbonyl (C=O) groups is 1. The number of amides is 1. The van der Waals surface area contributed by atoms with E-state index in [1.807, 2.05) is 0 Å². The largest absolute Gasteiger partial charge is 0.465 e. The first-order valence-corrected chi connectivity index (χ1v) is 6.31. The van der Waals surface area contributed by atoms with E-state index in [2.05, 4.69) is 10.4 Å². The lowest BCUT2D eigenvalue weighted by Gasteiger charge is -2.16. The maximum absolute atomic E-state index is 13.8. The fourth-order valence-electron chi connectivity index (χ4n) is 2.41. The Morgan fingerprint density at radius 3 is 3.00 bits per heavy atom. The average Bonchev–Trinajstić information content (AvgIpc) is 2.70. The van der Waals surface area contributed by atoms with Gasteiger partial charge in [-0.3, -0.25) is 14.8 Å². The summed E-state index contributed by atoms with van der Waals surface area (Å²) < 4.78 is 20.5. The molecule has 3 atom stereocenters. The van der Waals surface area contributed by atoms with Gasteiger partial charge in [0.2, 0.25) is 0 Å². The Morgan fingerprint density at radius 1 is 1.67 bits per heavy atom. The predicted octanol–water partition coefficient (Wildman–Crippen LogP) is 1.15. The van der Waals surface area contributed by atoms with Gasteiger partial charge in [-0.25, -0.2) is 9.18 Å². The summed E-state index contributed by atoms with van der Waals surface area (Å²) in [7, 11) is 1.54. The molecule has 0 spiro atoms. The Bertz CT molecular complexity index is 549. The minimum Gasteiger partial charge on any atom is -0.465 e. The van der Waals surface area contributed by atoms with Crippen molar-refractivity contribution in [3.05, 3.63) is 22.0 Å². The van der Waals surface area contributed by atoms with E-state index in [1.54, 1.807) is 0 Å². The second-order valence-corrected chi connectivity index (χ2v) is 4.77. The molecule has 10 heteroatoms. The number of hydrogen-bond donors (Lipinski definition) is 2. The molecule has 2 rings (SSSR count). The van der Waals surface area contributed by atoms with Crippen molar-refractivity contribution in [2.24, 2.45) is 7.05 Å². The van der Waals surface area contributed by atoms with Crippen LogP contribution >= 0.6 is 0 Å². The molecule has 1 fully saturated rings. The molecule has 0 bridgehead atoms. The van der Waals surface area contributed by atoms with Gasteiger partial charge in [0.1, 0.15) is 24.2 Å². The minimum atomic E-state index is -1.50. The molecule has 116 valence electrons. The monoisotopic (exact) mass is 302 g/mol. The zero-order chi connectivity index (χ0) is 15.6. The summed E-state index contributed by atoms with van der Waals surface area (Å²) in [6.07, 6.45) is -1.96. The van der Waals surface area contributed by atoms with Gasteiger partial charge in [-0.15, -0.1) is 0 Å². The van der Waals surface area contributed by atoms with Crippen LogP contribution in [-0.2, 0) is 11.8 Å². The van der Waals surface area contributed by atoms with E-state index >= 15 is 0 Å². The maximum Gasteiger partial charge on any atom is 0.404 e. The summed E-state index contributed by atoms with van der Waals surface area (Å²) in [6, 6.07) is -0.889. The van der Waals surface area contributed by atoms with Gasteiger partial charge in [0, 0.05) is 7.05 Å². The van der Waals surface area contributed by atoms with Crippen LogP contribution in [0.1, 0.15) is 24.6 Å². The third-order valence-electron chi connectivity index (χ3n) is 3.41. The van der Waals surface area contributed by atoms with E-state index < -0.39 is 29.3 Å². The smallest absolute Gasteiger partial charge is 0.404 e. The van der Waals surface area contributed by atoms with Crippen LogP contribution in [0.3, 0.4) is 0 Å².